The summed E-state index contributed by atoms with van der Waals surface area (Å²) in [4.78, 5) is 13.3. The molecule has 0 amide bonds. The molecule has 0 radical (unpaired) electrons. The lowest BCUT2D eigenvalue weighted by molar-refractivity contribution is 0.0577. The SMILES string of the molecule is COc1ccc([C@H]2C[C@@H]2COc2nc(C)ncc2-c2cnn(CC(C)(C)O)c2)nc1. The normalized spacial score (nSPS) is 18.3. The van der Waals surface area contributed by atoms with E-state index in [-0.39, 0.29) is 0 Å². The van der Waals surface area contributed by atoms with Crippen LogP contribution in [0.2, 0.25) is 0 Å². The van der Waals surface area contributed by atoms with Gasteiger partial charge in [0.2, 0.25) is 5.88 Å². The Labute approximate surface area is 175 Å². The van der Waals surface area contributed by atoms with Gasteiger partial charge in [-0.25, -0.2) is 4.98 Å². The van der Waals surface area contributed by atoms with Crippen LogP contribution < -0.4 is 9.47 Å². The Balaban J connectivity index is 1.44. The number of pyridine rings is 1. The monoisotopic (exact) mass is 409 g/mol. The molecule has 3 aromatic rings. The van der Waals surface area contributed by atoms with E-state index in [1.54, 1.807) is 44.2 Å². The Kier molecular flexibility index (Phi) is 5.42. The average molecular weight is 409 g/mol. The van der Waals surface area contributed by atoms with Gasteiger partial charge in [-0.15, -0.1) is 0 Å². The van der Waals surface area contributed by atoms with Crippen molar-refractivity contribution in [1.82, 2.24) is 24.7 Å². The zero-order chi connectivity index (χ0) is 21.3. The highest BCUT2D eigenvalue weighted by atomic mass is 16.5. The zero-order valence-electron chi connectivity index (χ0n) is 17.7. The quantitative estimate of drug-likeness (QED) is 0.611. The van der Waals surface area contributed by atoms with Crippen molar-refractivity contribution in [3.63, 3.8) is 0 Å². The van der Waals surface area contributed by atoms with Gasteiger partial charge in [0.25, 0.3) is 0 Å². The summed E-state index contributed by atoms with van der Waals surface area (Å²) in [6, 6.07) is 3.95. The molecule has 1 N–H and O–H groups in total. The van der Waals surface area contributed by atoms with E-state index in [1.165, 1.54) is 0 Å². The molecule has 0 bridgehead atoms. The van der Waals surface area contributed by atoms with Gasteiger partial charge in [-0.1, -0.05) is 0 Å². The number of aryl methyl sites for hydroxylation is 1. The largest absolute Gasteiger partial charge is 0.495 e. The fourth-order valence-corrected chi connectivity index (χ4v) is 3.45. The van der Waals surface area contributed by atoms with Crippen LogP contribution in [0.4, 0.5) is 0 Å². The van der Waals surface area contributed by atoms with Crippen molar-refractivity contribution in [2.45, 2.75) is 45.3 Å². The molecular weight excluding hydrogens is 382 g/mol. The van der Waals surface area contributed by atoms with Crippen molar-refractivity contribution in [3.8, 4) is 22.8 Å². The minimum absolute atomic E-state index is 0.397. The Morgan fingerprint density at radius 1 is 1.20 bits per heavy atom. The maximum Gasteiger partial charge on any atom is 0.224 e. The Hall–Kier alpha value is -3.00. The molecule has 0 aromatic carbocycles. The molecule has 1 aliphatic rings. The number of hydrogen-bond acceptors (Lipinski definition) is 7. The maximum absolute atomic E-state index is 10.0. The smallest absolute Gasteiger partial charge is 0.224 e. The van der Waals surface area contributed by atoms with Crippen LogP contribution in [0, 0.1) is 12.8 Å². The lowest BCUT2D eigenvalue weighted by Crippen LogP contribution is -2.26. The number of nitrogens with zero attached hydrogens (tertiary/aromatic N) is 5. The lowest BCUT2D eigenvalue weighted by atomic mass is 10.1. The summed E-state index contributed by atoms with van der Waals surface area (Å²) < 4.78 is 13.0. The molecule has 30 heavy (non-hydrogen) atoms. The second-order valence-corrected chi connectivity index (χ2v) is 8.41. The molecule has 4 rings (SSSR count). The second kappa shape index (κ2) is 8.02. The van der Waals surface area contributed by atoms with Crippen LogP contribution in [-0.4, -0.2) is 49.2 Å². The van der Waals surface area contributed by atoms with Gasteiger partial charge in [-0.05, 0) is 39.3 Å². The van der Waals surface area contributed by atoms with Gasteiger partial charge in [0.05, 0.1) is 43.8 Å². The molecule has 0 unspecified atom stereocenters. The predicted octanol–water partition coefficient (Wildman–Crippen LogP) is 3.01. The number of methoxy groups -OCH3 is 1. The van der Waals surface area contributed by atoms with Crippen LogP contribution in [0.5, 0.6) is 11.6 Å². The summed E-state index contributed by atoms with van der Waals surface area (Å²) >= 11 is 0. The fourth-order valence-electron chi connectivity index (χ4n) is 3.45. The third kappa shape index (κ3) is 4.76. The van der Waals surface area contributed by atoms with E-state index < -0.39 is 5.60 Å². The second-order valence-electron chi connectivity index (χ2n) is 8.41. The number of ether oxygens (including phenoxy) is 2. The molecule has 3 aromatic heterocycles. The number of hydrogen-bond donors (Lipinski definition) is 1. The molecule has 1 aliphatic carbocycles. The van der Waals surface area contributed by atoms with Crippen LogP contribution in [0.15, 0.2) is 36.9 Å². The van der Waals surface area contributed by atoms with Crippen molar-refractivity contribution >= 4 is 0 Å². The van der Waals surface area contributed by atoms with Gasteiger partial charge in [0.1, 0.15) is 11.6 Å². The van der Waals surface area contributed by atoms with Crippen LogP contribution >= 0.6 is 0 Å². The Morgan fingerprint density at radius 2 is 2.03 bits per heavy atom. The number of aromatic nitrogens is 5. The number of rotatable bonds is 8. The maximum atomic E-state index is 10.0. The van der Waals surface area contributed by atoms with Crippen molar-refractivity contribution in [2.75, 3.05) is 13.7 Å². The summed E-state index contributed by atoms with van der Waals surface area (Å²) in [5.41, 5.74) is 1.88. The molecule has 2 atom stereocenters. The van der Waals surface area contributed by atoms with Gasteiger partial charge >= 0.3 is 0 Å². The molecule has 1 fully saturated rings. The van der Waals surface area contributed by atoms with Gasteiger partial charge in [-0.2, -0.15) is 10.1 Å². The molecule has 8 nitrogen and oxygen atoms in total. The summed E-state index contributed by atoms with van der Waals surface area (Å²) in [5, 5.41) is 14.4. The first-order valence-electron chi connectivity index (χ1n) is 10.0. The van der Waals surface area contributed by atoms with Gasteiger partial charge < -0.3 is 14.6 Å². The summed E-state index contributed by atoms with van der Waals surface area (Å²) in [6.45, 7) is 6.31. The van der Waals surface area contributed by atoms with Gasteiger partial charge in [0, 0.05) is 35.5 Å². The molecular formula is C22H27N5O3. The molecule has 0 spiro atoms. The first kappa shape index (κ1) is 20.3. The van der Waals surface area contributed by atoms with Crippen LogP contribution in [-0.2, 0) is 6.54 Å². The third-order valence-corrected chi connectivity index (χ3v) is 5.10. The zero-order valence-corrected chi connectivity index (χ0v) is 17.7. The molecule has 3 heterocycles. The average Bonchev–Trinajstić information content (AvgIpc) is 3.35. The fraction of sp³-hybridized carbons (Fsp3) is 0.455. The summed E-state index contributed by atoms with van der Waals surface area (Å²) in [7, 11) is 1.64. The highest BCUT2D eigenvalue weighted by Crippen LogP contribution is 2.47. The van der Waals surface area contributed by atoms with Crippen molar-refractivity contribution in [1.29, 1.82) is 0 Å². The van der Waals surface area contributed by atoms with E-state index >= 15 is 0 Å². The van der Waals surface area contributed by atoms with Crippen LogP contribution in [0.3, 0.4) is 0 Å². The highest BCUT2D eigenvalue weighted by Gasteiger charge is 2.40. The molecule has 158 valence electrons. The minimum Gasteiger partial charge on any atom is -0.495 e. The van der Waals surface area contributed by atoms with Crippen molar-refractivity contribution in [2.24, 2.45) is 5.92 Å². The van der Waals surface area contributed by atoms with E-state index in [0.717, 1.165) is 29.0 Å². The third-order valence-electron chi connectivity index (χ3n) is 5.10. The van der Waals surface area contributed by atoms with E-state index in [2.05, 4.69) is 20.1 Å². The van der Waals surface area contributed by atoms with Crippen LogP contribution in [0.25, 0.3) is 11.1 Å². The van der Waals surface area contributed by atoms with E-state index in [0.29, 0.717) is 36.7 Å². The standard InChI is InChI=1S/C22H27N5O3/c1-14-23-10-19(16-8-25-27(11-16)13-22(2,3)28)21(26-14)30-12-15-7-18(15)20-6-5-17(29-4)9-24-20/h5-6,8-11,15,18,28H,7,12-13H2,1-4H3/t15-,18+/m1/s1. The lowest BCUT2D eigenvalue weighted by Gasteiger charge is -2.16. The van der Waals surface area contributed by atoms with E-state index in [9.17, 15) is 5.11 Å². The topological polar surface area (TPSA) is 95.2 Å². The first-order valence-corrected chi connectivity index (χ1v) is 10.0. The van der Waals surface area contributed by atoms with Crippen molar-refractivity contribution in [3.05, 3.63) is 48.4 Å². The first-order chi connectivity index (χ1) is 14.3. The molecule has 8 heteroatoms. The summed E-state index contributed by atoms with van der Waals surface area (Å²) in [5.74, 6) is 2.78. The molecule has 0 aliphatic heterocycles. The minimum atomic E-state index is -0.844. The van der Waals surface area contributed by atoms with Gasteiger partial charge in [-0.3, -0.25) is 9.67 Å². The van der Waals surface area contributed by atoms with Gasteiger partial charge in [0.15, 0.2) is 0 Å². The Bertz CT molecular complexity index is 1010. The molecule has 0 saturated heterocycles. The predicted molar refractivity (Wildman–Crippen MR) is 111 cm³/mol. The highest BCUT2D eigenvalue weighted by molar-refractivity contribution is 5.66. The summed E-state index contributed by atoms with van der Waals surface area (Å²) in [6.07, 6.45) is 8.18. The van der Waals surface area contributed by atoms with E-state index in [4.69, 9.17) is 9.47 Å². The Morgan fingerprint density at radius 3 is 2.73 bits per heavy atom. The van der Waals surface area contributed by atoms with E-state index in [1.807, 2.05) is 25.3 Å². The molecule has 1 saturated carbocycles. The van der Waals surface area contributed by atoms with Crippen LogP contribution in [0.1, 0.15) is 37.7 Å². The van der Waals surface area contributed by atoms with Crippen molar-refractivity contribution < 1.29 is 14.6 Å². The number of aliphatic hydroxyl groups is 1.